The normalized spacial score (nSPS) is 32.9. The fourth-order valence-corrected chi connectivity index (χ4v) is 3.63. The largest absolute Gasteiger partial charge is 0.381 e. The van der Waals surface area contributed by atoms with Crippen LogP contribution in [0.2, 0.25) is 0 Å². The minimum atomic E-state index is 0.370. The number of hydrogen-bond donors (Lipinski definition) is 1. The molecule has 3 aliphatic rings. The number of piperazine rings is 1. The number of nitrogens with zero attached hydrogens (tertiary/aromatic N) is 2. The van der Waals surface area contributed by atoms with Crippen molar-refractivity contribution in [1.82, 2.24) is 15.1 Å². The summed E-state index contributed by atoms with van der Waals surface area (Å²) in [6.07, 6.45) is 4.18. The highest BCUT2D eigenvalue weighted by atomic mass is 16.5. The average molecular weight is 281 g/mol. The predicted octanol–water partition coefficient (Wildman–Crippen LogP) is 1.03. The second-order valence-electron chi connectivity index (χ2n) is 7.10. The van der Waals surface area contributed by atoms with Crippen molar-refractivity contribution in [3.63, 3.8) is 0 Å². The Bertz CT molecular complexity index is 292. The van der Waals surface area contributed by atoms with E-state index in [1.165, 1.54) is 58.5 Å². The summed E-state index contributed by atoms with van der Waals surface area (Å²) in [6, 6.07) is 0. The maximum absolute atomic E-state index is 5.70. The van der Waals surface area contributed by atoms with Gasteiger partial charge in [0.15, 0.2) is 0 Å². The van der Waals surface area contributed by atoms with Crippen molar-refractivity contribution in [2.24, 2.45) is 11.3 Å². The molecule has 1 N–H and O–H groups in total. The van der Waals surface area contributed by atoms with E-state index >= 15 is 0 Å². The van der Waals surface area contributed by atoms with Crippen LogP contribution in [0.15, 0.2) is 0 Å². The SMILES string of the molecule is CCNCC1(CN2CCN(CC3CC3)CC2)CCOC1. The van der Waals surface area contributed by atoms with Gasteiger partial charge in [-0.15, -0.1) is 0 Å². The molecule has 20 heavy (non-hydrogen) atoms. The van der Waals surface area contributed by atoms with Gasteiger partial charge in [-0.3, -0.25) is 0 Å². The van der Waals surface area contributed by atoms with E-state index in [1.54, 1.807) is 0 Å². The zero-order valence-corrected chi connectivity index (χ0v) is 13.1. The Labute approximate surface area is 123 Å². The van der Waals surface area contributed by atoms with Crippen molar-refractivity contribution in [3.05, 3.63) is 0 Å². The molecule has 1 atom stereocenters. The van der Waals surface area contributed by atoms with Crippen molar-refractivity contribution in [2.45, 2.75) is 26.2 Å². The highest BCUT2D eigenvalue weighted by molar-refractivity contribution is 4.90. The lowest BCUT2D eigenvalue weighted by Gasteiger charge is -2.40. The first-order valence-corrected chi connectivity index (χ1v) is 8.53. The Morgan fingerprint density at radius 3 is 2.50 bits per heavy atom. The quantitative estimate of drug-likeness (QED) is 0.754. The summed E-state index contributed by atoms with van der Waals surface area (Å²) in [5, 5.41) is 3.55. The van der Waals surface area contributed by atoms with Crippen LogP contribution in [0.25, 0.3) is 0 Å². The molecule has 4 nitrogen and oxygen atoms in total. The molecule has 0 aromatic carbocycles. The van der Waals surface area contributed by atoms with Crippen molar-refractivity contribution >= 4 is 0 Å². The Balaban J connectivity index is 1.44. The molecule has 4 heteroatoms. The summed E-state index contributed by atoms with van der Waals surface area (Å²) in [5.74, 6) is 1.03. The van der Waals surface area contributed by atoms with E-state index in [1.807, 2.05) is 0 Å². The van der Waals surface area contributed by atoms with Gasteiger partial charge in [0.05, 0.1) is 6.61 Å². The fourth-order valence-electron chi connectivity index (χ4n) is 3.63. The first-order chi connectivity index (χ1) is 9.80. The van der Waals surface area contributed by atoms with Crippen molar-refractivity contribution in [3.8, 4) is 0 Å². The third-order valence-corrected chi connectivity index (χ3v) is 5.17. The Kier molecular flexibility index (Phi) is 4.97. The van der Waals surface area contributed by atoms with Gasteiger partial charge in [-0.05, 0) is 31.7 Å². The van der Waals surface area contributed by atoms with E-state index in [-0.39, 0.29) is 0 Å². The molecule has 0 spiro atoms. The minimum absolute atomic E-state index is 0.370. The van der Waals surface area contributed by atoms with Crippen LogP contribution >= 0.6 is 0 Å². The summed E-state index contributed by atoms with van der Waals surface area (Å²) >= 11 is 0. The molecular formula is C16H31N3O. The molecule has 0 amide bonds. The lowest BCUT2D eigenvalue weighted by atomic mass is 9.86. The van der Waals surface area contributed by atoms with Gasteiger partial charge in [0.2, 0.25) is 0 Å². The molecule has 1 aliphatic carbocycles. The first-order valence-electron chi connectivity index (χ1n) is 8.53. The maximum Gasteiger partial charge on any atom is 0.0547 e. The summed E-state index contributed by atoms with van der Waals surface area (Å²) < 4.78 is 5.70. The van der Waals surface area contributed by atoms with Gasteiger partial charge in [-0.25, -0.2) is 0 Å². The second kappa shape index (κ2) is 6.73. The highest BCUT2D eigenvalue weighted by Gasteiger charge is 2.37. The summed E-state index contributed by atoms with van der Waals surface area (Å²) in [7, 11) is 0. The Hall–Kier alpha value is -0.160. The molecule has 0 aromatic rings. The van der Waals surface area contributed by atoms with Gasteiger partial charge in [0, 0.05) is 57.8 Å². The molecule has 3 rings (SSSR count). The number of nitrogens with one attached hydrogen (secondary N) is 1. The van der Waals surface area contributed by atoms with Gasteiger partial charge >= 0.3 is 0 Å². The first kappa shape index (κ1) is 14.8. The van der Waals surface area contributed by atoms with Crippen LogP contribution in [0.3, 0.4) is 0 Å². The third-order valence-electron chi connectivity index (χ3n) is 5.17. The second-order valence-corrected chi connectivity index (χ2v) is 7.10. The van der Waals surface area contributed by atoms with Crippen LogP contribution in [-0.2, 0) is 4.74 Å². The van der Waals surface area contributed by atoms with E-state index in [0.29, 0.717) is 5.41 Å². The standard InChI is InChI=1S/C16H31N3O/c1-2-17-12-16(5-10-20-14-16)13-19-8-6-18(7-9-19)11-15-3-4-15/h15,17H,2-14H2,1H3. The summed E-state index contributed by atoms with van der Waals surface area (Å²) in [4.78, 5) is 5.35. The van der Waals surface area contributed by atoms with E-state index < -0.39 is 0 Å². The molecule has 2 aliphatic heterocycles. The minimum Gasteiger partial charge on any atom is -0.381 e. The number of hydrogen-bond acceptors (Lipinski definition) is 4. The van der Waals surface area contributed by atoms with Crippen LogP contribution in [0, 0.1) is 11.3 Å². The highest BCUT2D eigenvalue weighted by Crippen LogP contribution is 2.31. The summed E-state index contributed by atoms with van der Waals surface area (Å²) in [6.45, 7) is 13.9. The monoisotopic (exact) mass is 281 g/mol. The average Bonchev–Trinajstić information content (AvgIpc) is 3.16. The van der Waals surface area contributed by atoms with E-state index in [4.69, 9.17) is 4.74 Å². The molecule has 1 saturated carbocycles. The summed E-state index contributed by atoms with van der Waals surface area (Å²) in [5.41, 5.74) is 0.370. The molecule has 0 radical (unpaired) electrons. The zero-order valence-electron chi connectivity index (χ0n) is 13.1. The van der Waals surface area contributed by atoms with Crippen LogP contribution in [-0.4, -0.2) is 75.4 Å². The van der Waals surface area contributed by atoms with Crippen LogP contribution in [0.1, 0.15) is 26.2 Å². The third kappa shape index (κ3) is 3.94. The molecule has 0 bridgehead atoms. The van der Waals surface area contributed by atoms with Gasteiger partial charge in [-0.2, -0.15) is 0 Å². The lowest BCUT2D eigenvalue weighted by molar-refractivity contribution is 0.0700. The molecule has 2 heterocycles. The topological polar surface area (TPSA) is 27.7 Å². The molecular weight excluding hydrogens is 250 g/mol. The van der Waals surface area contributed by atoms with E-state index in [9.17, 15) is 0 Å². The fraction of sp³-hybridized carbons (Fsp3) is 1.00. The van der Waals surface area contributed by atoms with Gasteiger partial charge in [0.25, 0.3) is 0 Å². The molecule has 0 aromatic heterocycles. The van der Waals surface area contributed by atoms with Gasteiger partial charge in [-0.1, -0.05) is 6.92 Å². The molecule has 2 saturated heterocycles. The smallest absolute Gasteiger partial charge is 0.0547 e. The van der Waals surface area contributed by atoms with Crippen LogP contribution in [0.5, 0.6) is 0 Å². The van der Waals surface area contributed by atoms with Crippen LogP contribution in [0.4, 0.5) is 0 Å². The number of ether oxygens (including phenoxy) is 1. The van der Waals surface area contributed by atoms with Gasteiger partial charge in [0.1, 0.15) is 0 Å². The van der Waals surface area contributed by atoms with Crippen molar-refractivity contribution in [1.29, 1.82) is 0 Å². The van der Waals surface area contributed by atoms with Crippen molar-refractivity contribution < 1.29 is 4.74 Å². The van der Waals surface area contributed by atoms with Crippen molar-refractivity contribution in [2.75, 3.05) is 65.6 Å². The van der Waals surface area contributed by atoms with Gasteiger partial charge < -0.3 is 19.9 Å². The molecule has 3 fully saturated rings. The Morgan fingerprint density at radius 2 is 1.90 bits per heavy atom. The van der Waals surface area contributed by atoms with E-state index in [0.717, 1.165) is 32.2 Å². The number of rotatable bonds is 7. The van der Waals surface area contributed by atoms with E-state index in [2.05, 4.69) is 22.0 Å². The maximum atomic E-state index is 5.70. The zero-order chi connectivity index (χ0) is 13.8. The Morgan fingerprint density at radius 1 is 1.15 bits per heavy atom. The molecule has 116 valence electrons. The predicted molar refractivity (Wildman–Crippen MR) is 82.0 cm³/mol. The van der Waals surface area contributed by atoms with Crippen LogP contribution < -0.4 is 5.32 Å². The lowest BCUT2D eigenvalue weighted by Crippen LogP contribution is -2.52. The molecule has 1 unspecified atom stereocenters.